The molecule has 1 atom stereocenters. The Morgan fingerprint density at radius 1 is 1.19 bits per heavy atom. The lowest BCUT2D eigenvalue weighted by atomic mass is 9.67. The molecule has 5 nitrogen and oxygen atoms in total. The number of carbonyl (C=O) groups excluding carboxylic acids is 2. The Kier molecular flexibility index (Phi) is 6.20. The molecule has 2 saturated heterocycles. The van der Waals surface area contributed by atoms with Gasteiger partial charge in [-0.05, 0) is 50.3 Å². The third-order valence-electron chi connectivity index (χ3n) is 6.41. The summed E-state index contributed by atoms with van der Waals surface area (Å²) in [7, 11) is 3.63. The second-order valence-corrected chi connectivity index (χ2v) is 8.40. The van der Waals surface area contributed by atoms with Crippen LogP contribution in [0.1, 0.15) is 44.1 Å². The molecule has 1 aromatic carbocycles. The Labute approximate surface area is 163 Å². The van der Waals surface area contributed by atoms with Crippen LogP contribution in [0.3, 0.4) is 0 Å². The van der Waals surface area contributed by atoms with Crippen molar-refractivity contribution in [3.05, 3.63) is 35.9 Å². The number of benzene rings is 1. The molecule has 5 heteroatoms. The van der Waals surface area contributed by atoms with Crippen molar-refractivity contribution in [3.8, 4) is 0 Å². The maximum absolute atomic E-state index is 13.0. The van der Waals surface area contributed by atoms with E-state index in [-0.39, 0.29) is 23.1 Å². The zero-order chi connectivity index (χ0) is 19.4. The number of likely N-dealkylation sites (tertiary alicyclic amines) is 2. The van der Waals surface area contributed by atoms with Crippen molar-refractivity contribution >= 4 is 11.8 Å². The molecule has 3 rings (SSSR count). The quantitative estimate of drug-likeness (QED) is 0.799. The highest BCUT2D eigenvalue weighted by Crippen LogP contribution is 2.45. The number of hydrogen-bond acceptors (Lipinski definition) is 3. The van der Waals surface area contributed by atoms with Crippen molar-refractivity contribution in [1.29, 1.82) is 0 Å². The molecule has 2 aliphatic heterocycles. The van der Waals surface area contributed by atoms with Gasteiger partial charge in [0.1, 0.15) is 0 Å². The van der Waals surface area contributed by atoms with Crippen molar-refractivity contribution in [3.63, 3.8) is 0 Å². The smallest absolute Gasteiger partial charge is 0.230 e. The molecule has 2 fully saturated rings. The Bertz CT molecular complexity index is 651. The Balaban J connectivity index is 1.65. The van der Waals surface area contributed by atoms with E-state index in [1.807, 2.05) is 32.3 Å². The van der Waals surface area contributed by atoms with E-state index in [1.165, 1.54) is 0 Å². The van der Waals surface area contributed by atoms with Gasteiger partial charge in [0.05, 0.1) is 5.92 Å². The number of piperidine rings is 2. The lowest BCUT2D eigenvalue weighted by Gasteiger charge is -2.50. The molecule has 0 bridgehead atoms. The molecular weight excluding hydrogens is 338 g/mol. The lowest BCUT2D eigenvalue weighted by Crippen LogP contribution is -2.54. The van der Waals surface area contributed by atoms with E-state index < -0.39 is 0 Å². The van der Waals surface area contributed by atoms with Gasteiger partial charge in [-0.15, -0.1) is 0 Å². The van der Waals surface area contributed by atoms with Crippen LogP contribution in [0.15, 0.2) is 30.3 Å². The van der Waals surface area contributed by atoms with Gasteiger partial charge in [-0.25, -0.2) is 0 Å². The van der Waals surface area contributed by atoms with Crippen molar-refractivity contribution in [2.24, 2.45) is 5.41 Å². The van der Waals surface area contributed by atoms with Crippen LogP contribution in [0.2, 0.25) is 0 Å². The zero-order valence-electron chi connectivity index (χ0n) is 17.0. The number of nitrogens with zero attached hydrogens (tertiary/aromatic N) is 3. The molecule has 2 heterocycles. The van der Waals surface area contributed by atoms with Crippen LogP contribution in [-0.2, 0) is 9.59 Å². The molecule has 0 N–H and O–H groups in total. The number of rotatable bonds is 5. The van der Waals surface area contributed by atoms with Crippen LogP contribution < -0.4 is 0 Å². The van der Waals surface area contributed by atoms with Gasteiger partial charge in [-0.1, -0.05) is 30.3 Å². The van der Waals surface area contributed by atoms with Gasteiger partial charge in [0, 0.05) is 40.2 Å². The van der Waals surface area contributed by atoms with Gasteiger partial charge >= 0.3 is 0 Å². The van der Waals surface area contributed by atoms with Crippen molar-refractivity contribution in [2.45, 2.75) is 38.5 Å². The van der Waals surface area contributed by atoms with E-state index in [1.54, 1.807) is 4.90 Å². The van der Waals surface area contributed by atoms with Crippen LogP contribution in [-0.4, -0.2) is 73.3 Å². The third kappa shape index (κ3) is 4.52. The van der Waals surface area contributed by atoms with E-state index >= 15 is 0 Å². The fourth-order valence-corrected chi connectivity index (χ4v) is 4.59. The van der Waals surface area contributed by atoms with Gasteiger partial charge in [0.25, 0.3) is 0 Å². The minimum Gasteiger partial charge on any atom is -0.349 e. The number of hydrogen-bond donors (Lipinski definition) is 0. The maximum Gasteiger partial charge on any atom is 0.230 e. The summed E-state index contributed by atoms with van der Waals surface area (Å²) in [5.74, 6) is 0.468. The van der Waals surface area contributed by atoms with E-state index in [4.69, 9.17) is 0 Å². The number of likely N-dealkylation sites (N-methyl/N-ethyl adjacent to an activating group) is 1. The van der Waals surface area contributed by atoms with Gasteiger partial charge in [-0.3, -0.25) is 9.59 Å². The molecule has 0 saturated carbocycles. The average Bonchev–Trinajstić information content (AvgIpc) is 2.69. The molecule has 0 unspecified atom stereocenters. The first-order chi connectivity index (χ1) is 12.9. The fraction of sp³-hybridized carbons (Fsp3) is 0.636. The lowest BCUT2D eigenvalue weighted by molar-refractivity contribution is -0.141. The first-order valence-corrected chi connectivity index (χ1v) is 10.2. The largest absolute Gasteiger partial charge is 0.349 e. The zero-order valence-corrected chi connectivity index (χ0v) is 17.0. The van der Waals surface area contributed by atoms with Crippen molar-refractivity contribution < 1.29 is 9.59 Å². The highest BCUT2D eigenvalue weighted by atomic mass is 16.2. The Morgan fingerprint density at radius 2 is 1.85 bits per heavy atom. The molecule has 2 aliphatic rings. The van der Waals surface area contributed by atoms with E-state index in [0.717, 1.165) is 57.5 Å². The van der Waals surface area contributed by atoms with Gasteiger partial charge in [0.15, 0.2) is 0 Å². The first-order valence-electron chi connectivity index (χ1n) is 10.2. The Hall–Kier alpha value is -1.88. The molecule has 148 valence electrons. The monoisotopic (exact) mass is 371 g/mol. The molecular formula is C22H33N3O2. The summed E-state index contributed by atoms with van der Waals surface area (Å²) in [5, 5.41) is 0. The topological polar surface area (TPSA) is 43.9 Å². The summed E-state index contributed by atoms with van der Waals surface area (Å²) in [6.07, 6.45) is 3.76. The molecule has 2 amide bonds. The second kappa shape index (κ2) is 8.42. The van der Waals surface area contributed by atoms with Crippen molar-refractivity contribution in [1.82, 2.24) is 14.7 Å². The summed E-state index contributed by atoms with van der Waals surface area (Å²) < 4.78 is 0. The highest BCUT2D eigenvalue weighted by molar-refractivity contribution is 5.84. The summed E-state index contributed by atoms with van der Waals surface area (Å²) >= 11 is 0. The summed E-state index contributed by atoms with van der Waals surface area (Å²) in [4.78, 5) is 31.0. The first kappa shape index (κ1) is 19.9. The number of amides is 2. The predicted molar refractivity (Wildman–Crippen MR) is 107 cm³/mol. The molecule has 1 aromatic rings. The van der Waals surface area contributed by atoms with Crippen LogP contribution >= 0.6 is 0 Å². The highest BCUT2D eigenvalue weighted by Gasteiger charge is 2.45. The molecule has 0 radical (unpaired) electrons. The van der Waals surface area contributed by atoms with Crippen LogP contribution in [0.4, 0.5) is 0 Å². The van der Waals surface area contributed by atoms with Crippen LogP contribution in [0.5, 0.6) is 0 Å². The van der Waals surface area contributed by atoms with E-state index in [0.29, 0.717) is 6.42 Å². The summed E-state index contributed by atoms with van der Waals surface area (Å²) in [6, 6.07) is 10.3. The minimum absolute atomic E-state index is 0.0123. The molecule has 0 aromatic heterocycles. The fourth-order valence-electron chi connectivity index (χ4n) is 4.59. The van der Waals surface area contributed by atoms with Crippen molar-refractivity contribution in [2.75, 3.05) is 46.8 Å². The SMILES string of the molecule is CCN1CC2(CCN(CCC(=O)N(C)C)CC2)C[C@@H](c2ccccc2)C1=O. The van der Waals surface area contributed by atoms with Gasteiger partial charge in [0.2, 0.25) is 11.8 Å². The van der Waals surface area contributed by atoms with E-state index in [9.17, 15) is 9.59 Å². The standard InChI is InChI=1S/C22H33N3O2/c1-4-25-17-22(16-19(21(25)27)18-8-6-5-7-9-18)11-14-24(15-12-22)13-10-20(26)23(2)3/h5-9,19H,4,10-17H2,1-3H3/t19-/m0/s1. The van der Waals surface area contributed by atoms with Gasteiger partial charge in [-0.2, -0.15) is 0 Å². The average molecular weight is 372 g/mol. The van der Waals surface area contributed by atoms with Gasteiger partial charge < -0.3 is 14.7 Å². The molecule has 0 aliphatic carbocycles. The predicted octanol–water partition coefficient (Wildman–Crippen LogP) is 2.58. The molecule has 1 spiro atoms. The summed E-state index contributed by atoms with van der Waals surface area (Å²) in [6.45, 7) is 6.63. The number of carbonyl (C=O) groups is 2. The van der Waals surface area contributed by atoms with Crippen LogP contribution in [0, 0.1) is 5.41 Å². The van der Waals surface area contributed by atoms with E-state index in [2.05, 4.69) is 28.9 Å². The minimum atomic E-state index is -0.0123. The van der Waals surface area contributed by atoms with Crippen LogP contribution in [0.25, 0.3) is 0 Å². The Morgan fingerprint density at radius 3 is 2.44 bits per heavy atom. The normalized spacial score (nSPS) is 22.9. The third-order valence-corrected chi connectivity index (χ3v) is 6.41. The summed E-state index contributed by atoms with van der Waals surface area (Å²) in [5.41, 5.74) is 1.37. The second-order valence-electron chi connectivity index (χ2n) is 8.40. The molecule has 27 heavy (non-hydrogen) atoms. The maximum atomic E-state index is 13.0.